The second kappa shape index (κ2) is 7.02. The predicted molar refractivity (Wildman–Crippen MR) is 75.6 cm³/mol. The fourth-order valence-electron chi connectivity index (χ4n) is 1.63. The van der Waals surface area contributed by atoms with Crippen molar-refractivity contribution in [3.05, 3.63) is 59.7 Å². The molecule has 5 heteroatoms. The predicted octanol–water partition coefficient (Wildman–Crippen LogP) is 0.717. The van der Waals surface area contributed by atoms with Crippen LogP contribution in [0.1, 0.15) is 21.6 Å². The Morgan fingerprint density at radius 2 is 2.15 bits per heavy atom. The van der Waals surface area contributed by atoms with Gasteiger partial charge in [-0.2, -0.15) is 0 Å². The molecule has 100 valence electrons. The van der Waals surface area contributed by atoms with Gasteiger partial charge in [0.1, 0.15) is 6.33 Å². The highest BCUT2D eigenvalue weighted by atomic mass is 16.1. The minimum absolute atomic E-state index is 0.189. The van der Waals surface area contributed by atoms with Gasteiger partial charge in [0, 0.05) is 11.8 Å². The van der Waals surface area contributed by atoms with Gasteiger partial charge in [-0.3, -0.25) is 4.79 Å². The summed E-state index contributed by atoms with van der Waals surface area (Å²) < 4.78 is 0. The molecule has 0 spiro atoms. The normalized spacial score (nSPS) is 9.45. The average molecular weight is 266 g/mol. The zero-order valence-corrected chi connectivity index (χ0v) is 10.8. The molecule has 1 amide bonds. The van der Waals surface area contributed by atoms with Crippen molar-refractivity contribution in [2.75, 3.05) is 6.54 Å². The van der Waals surface area contributed by atoms with Gasteiger partial charge in [-0.05, 0) is 18.2 Å². The second-order valence-corrected chi connectivity index (χ2v) is 3.93. The number of amides is 1. The van der Waals surface area contributed by atoms with Crippen molar-refractivity contribution in [1.82, 2.24) is 15.3 Å². The van der Waals surface area contributed by atoms with E-state index in [0.717, 1.165) is 5.69 Å². The SMILES string of the molecule is NCC#Cc1ccccc1C(=O)NCc1ccncn1. The molecule has 2 rings (SSSR count). The standard InChI is InChI=1S/C15H14N4O/c16-8-3-5-12-4-1-2-6-14(12)15(20)18-10-13-7-9-17-11-19-13/h1-2,4,6-7,9,11H,8,10,16H2,(H,18,20). The molecule has 0 aliphatic carbocycles. The molecule has 0 radical (unpaired) electrons. The maximum absolute atomic E-state index is 12.1. The van der Waals surface area contributed by atoms with Crippen molar-refractivity contribution in [2.24, 2.45) is 5.73 Å². The summed E-state index contributed by atoms with van der Waals surface area (Å²) in [4.78, 5) is 20.0. The van der Waals surface area contributed by atoms with Crippen molar-refractivity contribution < 1.29 is 4.79 Å². The van der Waals surface area contributed by atoms with Gasteiger partial charge >= 0.3 is 0 Å². The quantitative estimate of drug-likeness (QED) is 0.802. The van der Waals surface area contributed by atoms with Crippen molar-refractivity contribution in [3.63, 3.8) is 0 Å². The molecule has 2 aromatic rings. The lowest BCUT2D eigenvalue weighted by atomic mass is 10.1. The first-order valence-corrected chi connectivity index (χ1v) is 6.12. The van der Waals surface area contributed by atoms with Gasteiger partial charge in [0.2, 0.25) is 0 Å². The molecule has 5 nitrogen and oxygen atoms in total. The number of aromatic nitrogens is 2. The summed E-state index contributed by atoms with van der Waals surface area (Å²) in [5.41, 5.74) is 7.29. The first-order valence-electron chi connectivity index (χ1n) is 6.12. The Kier molecular flexibility index (Phi) is 4.81. The third-order valence-corrected chi connectivity index (χ3v) is 2.57. The Morgan fingerprint density at radius 1 is 1.30 bits per heavy atom. The molecule has 1 heterocycles. The molecule has 1 aromatic heterocycles. The molecule has 0 aliphatic rings. The molecule has 0 saturated heterocycles. The summed E-state index contributed by atoms with van der Waals surface area (Å²) in [6.07, 6.45) is 3.08. The number of hydrogen-bond acceptors (Lipinski definition) is 4. The number of rotatable bonds is 3. The lowest BCUT2D eigenvalue weighted by molar-refractivity contribution is 0.0950. The molecule has 0 unspecified atom stereocenters. The van der Waals surface area contributed by atoms with E-state index in [9.17, 15) is 4.79 Å². The minimum Gasteiger partial charge on any atom is -0.346 e. The Bertz CT molecular complexity index is 644. The fourth-order valence-corrected chi connectivity index (χ4v) is 1.63. The Labute approximate surface area is 117 Å². The zero-order chi connectivity index (χ0) is 14.2. The third-order valence-electron chi connectivity index (χ3n) is 2.57. The van der Waals surface area contributed by atoms with Crippen LogP contribution in [0.15, 0.2) is 42.9 Å². The highest BCUT2D eigenvalue weighted by molar-refractivity contribution is 5.96. The molecule has 20 heavy (non-hydrogen) atoms. The van der Waals surface area contributed by atoms with Crippen LogP contribution >= 0.6 is 0 Å². The van der Waals surface area contributed by atoms with E-state index in [-0.39, 0.29) is 12.5 Å². The van der Waals surface area contributed by atoms with E-state index >= 15 is 0 Å². The van der Waals surface area contributed by atoms with Crippen molar-refractivity contribution >= 4 is 5.91 Å². The molecule has 0 fully saturated rings. The van der Waals surface area contributed by atoms with Crippen LogP contribution in [0, 0.1) is 11.8 Å². The van der Waals surface area contributed by atoms with Gasteiger partial charge in [-0.25, -0.2) is 9.97 Å². The maximum atomic E-state index is 12.1. The molecule has 3 N–H and O–H groups in total. The van der Waals surface area contributed by atoms with Gasteiger partial charge < -0.3 is 11.1 Å². The number of nitrogens with two attached hydrogens (primary N) is 1. The molecule has 0 aliphatic heterocycles. The van der Waals surface area contributed by atoms with Crippen LogP contribution in [0.4, 0.5) is 0 Å². The summed E-state index contributed by atoms with van der Waals surface area (Å²) in [7, 11) is 0. The smallest absolute Gasteiger partial charge is 0.252 e. The number of hydrogen-bond donors (Lipinski definition) is 2. The number of benzene rings is 1. The zero-order valence-electron chi connectivity index (χ0n) is 10.8. The van der Waals surface area contributed by atoms with Gasteiger partial charge in [0.05, 0.1) is 24.3 Å². The average Bonchev–Trinajstić information content (AvgIpc) is 2.52. The van der Waals surface area contributed by atoms with Crippen molar-refractivity contribution in [1.29, 1.82) is 0 Å². The highest BCUT2D eigenvalue weighted by Crippen LogP contribution is 2.07. The summed E-state index contributed by atoms with van der Waals surface area (Å²) in [6, 6.07) is 8.91. The summed E-state index contributed by atoms with van der Waals surface area (Å²) in [5.74, 6) is 5.45. The summed E-state index contributed by atoms with van der Waals surface area (Å²) in [6.45, 7) is 0.608. The van der Waals surface area contributed by atoms with E-state index in [1.807, 2.05) is 6.07 Å². The Hall–Kier alpha value is -2.71. The Balaban J connectivity index is 2.09. The summed E-state index contributed by atoms with van der Waals surface area (Å²) in [5, 5.41) is 2.80. The molecule has 0 atom stereocenters. The topological polar surface area (TPSA) is 80.9 Å². The van der Waals surface area contributed by atoms with Crippen molar-refractivity contribution in [3.8, 4) is 11.8 Å². The monoisotopic (exact) mass is 266 g/mol. The first-order chi connectivity index (χ1) is 9.81. The molecule has 0 bridgehead atoms. The highest BCUT2D eigenvalue weighted by Gasteiger charge is 2.09. The second-order valence-electron chi connectivity index (χ2n) is 3.93. The van der Waals surface area contributed by atoms with Crippen LogP contribution in [0.25, 0.3) is 0 Å². The molecule has 1 aromatic carbocycles. The Morgan fingerprint density at radius 3 is 2.90 bits per heavy atom. The largest absolute Gasteiger partial charge is 0.346 e. The fraction of sp³-hybridized carbons (Fsp3) is 0.133. The number of carbonyl (C=O) groups excluding carboxylic acids is 1. The van der Waals surface area contributed by atoms with Gasteiger partial charge in [0.15, 0.2) is 0 Å². The lowest BCUT2D eigenvalue weighted by Gasteiger charge is -2.06. The van der Waals surface area contributed by atoms with Gasteiger partial charge in [-0.15, -0.1) is 0 Å². The van der Waals surface area contributed by atoms with Crippen LogP contribution in [0.5, 0.6) is 0 Å². The van der Waals surface area contributed by atoms with Crippen LogP contribution in [0.3, 0.4) is 0 Å². The van der Waals surface area contributed by atoms with E-state index in [1.54, 1.807) is 30.5 Å². The van der Waals surface area contributed by atoms with Crippen LogP contribution in [0.2, 0.25) is 0 Å². The van der Waals surface area contributed by atoms with E-state index in [1.165, 1.54) is 6.33 Å². The number of nitrogens with one attached hydrogen (secondary N) is 1. The molecular weight excluding hydrogens is 252 g/mol. The van der Waals surface area contributed by atoms with E-state index < -0.39 is 0 Å². The van der Waals surface area contributed by atoms with Gasteiger partial charge in [0.25, 0.3) is 5.91 Å². The molecular formula is C15H14N4O. The molecule has 0 saturated carbocycles. The minimum atomic E-state index is -0.189. The third kappa shape index (κ3) is 3.64. The van der Waals surface area contributed by atoms with Crippen molar-refractivity contribution in [2.45, 2.75) is 6.54 Å². The van der Waals surface area contributed by atoms with Crippen LogP contribution in [-0.4, -0.2) is 22.4 Å². The van der Waals surface area contributed by atoms with Crippen LogP contribution in [-0.2, 0) is 6.54 Å². The number of nitrogens with zero attached hydrogens (tertiary/aromatic N) is 2. The first kappa shape index (κ1) is 13.7. The number of carbonyl (C=O) groups is 1. The van der Waals surface area contributed by atoms with E-state index in [4.69, 9.17) is 5.73 Å². The van der Waals surface area contributed by atoms with Gasteiger partial charge in [-0.1, -0.05) is 24.0 Å². The van der Waals surface area contributed by atoms with E-state index in [0.29, 0.717) is 17.7 Å². The van der Waals surface area contributed by atoms with E-state index in [2.05, 4.69) is 27.1 Å². The summed E-state index contributed by atoms with van der Waals surface area (Å²) >= 11 is 0. The lowest BCUT2D eigenvalue weighted by Crippen LogP contribution is -2.24. The maximum Gasteiger partial charge on any atom is 0.252 e. The van der Waals surface area contributed by atoms with Crippen LogP contribution < -0.4 is 11.1 Å².